The van der Waals surface area contributed by atoms with Gasteiger partial charge in [0.2, 0.25) is 0 Å². The molecule has 2 amide bonds. The van der Waals surface area contributed by atoms with Crippen LogP contribution in [0.25, 0.3) is 16.6 Å². The van der Waals surface area contributed by atoms with Crippen molar-refractivity contribution in [1.29, 1.82) is 0 Å². The maximum atomic E-state index is 13.0. The first-order valence-electron chi connectivity index (χ1n) is 12.3. The number of pyridine rings is 1. The number of hydrogen-bond acceptors (Lipinski definition) is 4. The Morgan fingerprint density at radius 1 is 0.972 bits per heavy atom. The first kappa shape index (κ1) is 22.1. The van der Waals surface area contributed by atoms with Crippen molar-refractivity contribution in [3.63, 3.8) is 0 Å². The van der Waals surface area contributed by atoms with E-state index in [0.29, 0.717) is 31.7 Å². The Balaban J connectivity index is 1.13. The number of carbonyl (C=O) groups excluding carboxylic acids is 2. The van der Waals surface area contributed by atoms with Crippen LogP contribution in [-0.4, -0.2) is 46.3 Å². The number of carbonyl (C=O) groups is 2. The van der Waals surface area contributed by atoms with Crippen molar-refractivity contribution in [3.05, 3.63) is 95.8 Å². The molecule has 0 unspecified atom stereocenters. The number of amides is 2. The molecule has 0 spiro atoms. The zero-order chi connectivity index (χ0) is 24.5. The van der Waals surface area contributed by atoms with Crippen molar-refractivity contribution in [2.45, 2.75) is 19.4 Å². The summed E-state index contributed by atoms with van der Waals surface area (Å²) in [6.45, 7) is 2.52. The SMILES string of the molecule is O=C(Nc1ccccc1CN1CCc2ccccc21)C(=O)N1CC=C(c2c[nH]c3ncccc23)CC1. The fourth-order valence-electron chi connectivity index (χ4n) is 5.20. The average Bonchev–Trinajstić information content (AvgIpc) is 3.54. The first-order chi connectivity index (χ1) is 17.7. The number of H-pyrrole nitrogens is 1. The van der Waals surface area contributed by atoms with Gasteiger partial charge in [0.1, 0.15) is 5.65 Å². The number of benzene rings is 2. The summed E-state index contributed by atoms with van der Waals surface area (Å²) in [5, 5.41) is 3.95. The van der Waals surface area contributed by atoms with Gasteiger partial charge >= 0.3 is 11.8 Å². The molecule has 0 saturated carbocycles. The summed E-state index contributed by atoms with van der Waals surface area (Å²) in [5.41, 5.74) is 7.36. The van der Waals surface area contributed by atoms with Crippen LogP contribution in [0.2, 0.25) is 0 Å². The third kappa shape index (κ3) is 4.13. The van der Waals surface area contributed by atoms with Crippen LogP contribution in [0.3, 0.4) is 0 Å². The molecule has 0 atom stereocenters. The molecule has 0 saturated heterocycles. The van der Waals surface area contributed by atoms with E-state index in [2.05, 4.69) is 44.5 Å². The van der Waals surface area contributed by atoms with E-state index in [4.69, 9.17) is 0 Å². The smallest absolute Gasteiger partial charge is 0.313 e. The highest BCUT2D eigenvalue weighted by molar-refractivity contribution is 6.39. The van der Waals surface area contributed by atoms with E-state index in [9.17, 15) is 9.59 Å². The van der Waals surface area contributed by atoms with E-state index in [1.807, 2.05) is 48.7 Å². The van der Waals surface area contributed by atoms with Crippen LogP contribution >= 0.6 is 0 Å². The van der Waals surface area contributed by atoms with Crippen molar-refractivity contribution in [2.24, 2.45) is 0 Å². The monoisotopic (exact) mass is 477 g/mol. The Labute approximate surface area is 209 Å². The molecule has 7 nitrogen and oxygen atoms in total. The van der Waals surface area contributed by atoms with E-state index in [1.165, 1.54) is 11.3 Å². The second-order valence-electron chi connectivity index (χ2n) is 9.24. The second kappa shape index (κ2) is 9.34. The van der Waals surface area contributed by atoms with Crippen LogP contribution < -0.4 is 10.2 Å². The number of hydrogen-bond donors (Lipinski definition) is 2. The molecule has 6 rings (SSSR count). The zero-order valence-corrected chi connectivity index (χ0v) is 19.9. The number of aromatic nitrogens is 2. The molecule has 0 fully saturated rings. The summed E-state index contributed by atoms with van der Waals surface area (Å²) in [6.07, 6.45) is 7.46. The Morgan fingerprint density at radius 3 is 2.72 bits per heavy atom. The van der Waals surface area contributed by atoms with Gasteiger partial charge in [0.25, 0.3) is 0 Å². The number of aromatic amines is 1. The summed E-state index contributed by atoms with van der Waals surface area (Å²) < 4.78 is 0. The third-order valence-corrected chi connectivity index (χ3v) is 7.10. The number of fused-ring (bicyclic) bond motifs is 2. The zero-order valence-electron chi connectivity index (χ0n) is 19.9. The van der Waals surface area contributed by atoms with Crippen LogP contribution in [-0.2, 0) is 22.6 Å². The number of para-hydroxylation sites is 2. The minimum absolute atomic E-state index is 0.404. The van der Waals surface area contributed by atoms with Crippen molar-refractivity contribution in [2.75, 3.05) is 29.9 Å². The molecule has 2 aromatic carbocycles. The summed E-state index contributed by atoms with van der Waals surface area (Å²) in [6, 6.07) is 20.1. The van der Waals surface area contributed by atoms with E-state index in [-0.39, 0.29) is 0 Å². The lowest BCUT2D eigenvalue weighted by atomic mass is 9.99. The summed E-state index contributed by atoms with van der Waals surface area (Å²) in [5.74, 6) is -1.11. The van der Waals surface area contributed by atoms with Crippen LogP contribution in [0.4, 0.5) is 11.4 Å². The van der Waals surface area contributed by atoms with Crippen LogP contribution in [0.15, 0.2) is 79.1 Å². The molecular weight excluding hydrogens is 450 g/mol. The standard InChI is InChI=1S/C29H27N5O2/c35-28(29(36)33-15-11-20(12-16-33)24-18-31-27-23(24)8-5-14-30-27)32-25-9-3-1-7-22(25)19-34-17-13-21-6-2-4-10-26(21)34/h1-11,14,18H,12-13,15-17,19H2,(H,30,31)(H,32,35). The highest BCUT2D eigenvalue weighted by Crippen LogP contribution is 2.31. The Kier molecular flexibility index (Phi) is 5.73. The molecular formula is C29H27N5O2. The van der Waals surface area contributed by atoms with Gasteiger partial charge < -0.3 is 20.1 Å². The second-order valence-corrected chi connectivity index (χ2v) is 9.24. The van der Waals surface area contributed by atoms with Crippen molar-refractivity contribution >= 4 is 39.8 Å². The van der Waals surface area contributed by atoms with E-state index in [1.54, 1.807) is 11.1 Å². The summed E-state index contributed by atoms with van der Waals surface area (Å²) in [7, 11) is 0. The van der Waals surface area contributed by atoms with Gasteiger partial charge in [0, 0.05) is 60.9 Å². The summed E-state index contributed by atoms with van der Waals surface area (Å²) >= 11 is 0. The fourth-order valence-corrected chi connectivity index (χ4v) is 5.20. The van der Waals surface area contributed by atoms with Crippen LogP contribution in [0, 0.1) is 0 Å². The van der Waals surface area contributed by atoms with Crippen LogP contribution in [0.1, 0.15) is 23.1 Å². The van der Waals surface area contributed by atoms with Gasteiger partial charge in [0.15, 0.2) is 0 Å². The molecule has 2 aliphatic rings. The van der Waals surface area contributed by atoms with Gasteiger partial charge in [-0.1, -0.05) is 42.5 Å². The lowest BCUT2D eigenvalue weighted by Crippen LogP contribution is -2.42. The molecule has 4 heterocycles. The van der Waals surface area contributed by atoms with E-state index < -0.39 is 11.8 Å². The average molecular weight is 478 g/mol. The Morgan fingerprint density at radius 2 is 1.83 bits per heavy atom. The lowest BCUT2D eigenvalue weighted by molar-refractivity contribution is -0.142. The first-order valence-corrected chi connectivity index (χ1v) is 12.3. The van der Waals surface area contributed by atoms with Crippen LogP contribution in [0.5, 0.6) is 0 Å². The molecule has 4 aromatic rings. The maximum absolute atomic E-state index is 13.0. The van der Waals surface area contributed by atoms with Gasteiger partial charge in [0.05, 0.1) is 0 Å². The predicted molar refractivity (Wildman–Crippen MR) is 142 cm³/mol. The topological polar surface area (TPSA) is 81.3 Å². The third-order valence-electron chi connectivity index (χ3n) is 7.10. The lowest BCUT2D eigenvalue weighted by Gasteiger charge is -2.26. The fraction of sp³-hybridized carbons (Fsp3) is 0.207. The molecule has 2 aromatic heterocycles. The van der Waals surface area contributed by atoms with E-state index in [0.717, 1.165) is 40.7 Å². The molecule has 0 radical (unpaired) electrons. The van der Waals surface area contributed by atoms with Gasteiger partial charge in [-0.15, -0.1) is 0 Å². The molecule has 36 heavy (non-hydrogen) atoms. The number of nitrogens with zero attached hydrogens (tertiary/aromatic N) is 3. The number of rotatable bonds is 4. The van der Waals surface area contributed by atoms with Crippen molar-refractivity contribution < 1.29 is 9.59 Å². The highest BCUT2D eigenvalue weighted by atomic mass is 16.2. The molecule has 0 aliphatic carbocycles. The predicted octanol–water partition coefficient (Wildman–Crippen LogP) is 4.38. The molecule has 0 bridgehead atoms. The van der Waals surface area contributed by atoms with Gasteiger partial charge in [-0.3, -0.25) is 9.59 Å². The molecule has 2 N–H and O–H groups in total. The quantitative estimate of drug-likeness (QED) is 0.428. The van der Waals surface area contributed by atoms with Gasteiger partial charge in [-0.25, -0.2) is 4.98 Å². The number of anilines is 2. The van der Waals surface area contributed by atoms with Crippen molar-refractivity contribution in [3.8, 4) is 0 Å². The minimum Gasteiger partial charge on any atom is -0.367 e. The van der Waals surface area contributed by atoms with Gasteiger partial charge in [-0.05, 0) is 53.8 Å². The van der Waals surface area contributed by atoms with Gasteiger partial charge in [-0.2, -0.15) is 0 Å². The largest absolute Gasteiger partial charge is 0.367 e. The summed E-state index contributed by atoms with van der Waals surface area (Å²) in [4.78, 5) is 37.4. The Bertz CT molecular complexity index is 1490. The normalized spacial score (nSPS) is 15.1. The Hall–Kier alpha value is -4.39. The molecule has 7 heteroatoms. The highest BCUT2D eigenvalue weighted by Gasteiger charge is 2.26. The minimum atomic E-state index is -0.600. The molecule has 2 aliphatic heterocycles. The molecule has 180 valence electrons. The number of nitrogens with one attached hydrogen (secondary N) is 2. The van der Waals surface area contributed by atoms with E-state index >= 15 is 0 Å². The van der Waals surface area contributed by atoms with Crippen molar-refractivity contribution in [1.82, 2.24) is 14.9 Å². The maximum Gasteiger partial charge on any atom is 0.313 e.